The lowest BCUT2D eigenvalue weighted by Gasteiger charge is -2.35. The average Bonchev–Trinajstić information content (AvgIpc) is 2.95. The quantitative estimate of drug-likeness (QED) is 0.730. The molecule has 0 radical (unpaired) electrons. The van der Waals surface area contributed by atoms with Crippen molar-refractivity contribution in [1.29, 1.82) is 0 Å². The summed E-state index contributed by atoms with van der Waals surface area (Å²) in [6.07, 6.45) is -3.40. The van der Waals surface area contributed by atoms with Crippen LogP contribution >= 0.6 is 0 Å². The minimum Gasteiger partial charge on any atom is -0.475 e. The molecule has 2 rings (SSSR count). The predicted molar refractivity (Wildman–Crippen MR) is 55.2 cm³/mol. The number of hydrogen-bond donors (Lipinski definition) is 2. The molecule has 2 fully saturated rings. The Morgan fingerprint density at radius 2 is 1.67 bits per heavy atom. The number of aliphatic carboxylic acids is 1. The van der Waals surface area contributed by atoms with E-state index in [2.05, 4.69) is 0 Å². The van der Waals surface area contributed by atoms with Crippen LogP contribution in [0.4, 0.5) is 13.2 Å². The van der Waals surface area contributed by atoms with E-state index in [0.29, 0.717) is 13.1 Å². The highest BCUT2D eigenvalue weighted by Gasteiger charge is 2.44. The first-order valence-corrected chi connectivity index (χ1v) is 6.60. The van der Waals surface area contributed by atoms with Gasteiger partial charge in [0.05, 0.1) is 5.25 Å². The van der Waals surface area contributed by atoms with Gasteiger partial charge in [-0.3, -0.25) is 0 Å². The van der Waals surface area contributed by atoms with E-state index in [9.17, 15) is 21.6 Å². The van der Waals surface area contributed by atoms with Crippen LogP contribution in [-0.2, 0) is 14.8 Å². The smallest absolute Gasteiger partial charge is 0.475 e. The van der Waals surface area contributed by atoms with Crippen LogP contribution < -0.4 is 5.73 Å². The van der Waals surface area contributed by atoms with Gasteiger partial charge in [-0.1, -0.05) is 0 Å². The van der Waals surface area contributed by atoms with Crippen molar-refractivity contribution in [2.45, 2.75) is 30.3 Å². The molecule has 1 aliphatic heterocycles. The van der Waals surface area contributed by atoms with Crippen LogP contribution in [0.15, 0.2) is 0 Å². The second kappa shape index (κ2) is 5.02. The van der Waals surface area contributed by atoms with Crippen molar-refractivity contribution in [2.24, 2.45) is 5.73 Å². The fourth-order valence-electron chi connectivity index (χ4n) is 1.25. The summed E-state index contributed by atoms with van der Waals surface area (Å²) in [6, 6.07) is 0.0727. The van der Waals surface area contributed by atoms with Crippen molar-refractivity contribution in [3.05, 3.63) is 0 Å². The minimum absolute atomic E-state index is 0.0727. The molecule has 0 unspecified atom stereocenters. The molecular formula is C8H13F3N2O4S. The maximum absolute atomic E-state index is 11.4. The molecule has 0 aromatic rings. The normalized spacial score (nSPS) is 21.8. The third-order valence-electron chi connectivity index (χ3n) is 2.42. The zero-order chi connectivity index (χ0) is 14.1. The standard InChI is InChI=1S/C6H12N2O2S.C2HF3O2/c7-5-3-8(4-5)11(9,10)6-1-2-6;3-2(4,5)1(6)7/h5-6H,1-4,7H2;(H,6,7). The van der Waals surface area contributed by atoms with E-state index in [1.165, 1.54) is 4.31 Å². The number of carbonyl (C=O) groups is 1. The fraction of sp³-hybridized carbons (Fsp3) is 0.875. The van der Waals surface area contributed by atoms with Gasteiger partial charge in [0.2, 0.25) is 10.0 Å². The average molecular weight is 290 g/mol. The van der Waals surface area contributed by atoms with Gasteiger partial charge >= 0.3 is 12.1 Å². The molecule has 18 heavy (non-hydrogen) atoms. The van der Waals surface area contributed by atoms with E-state index in [4.69, 9.17) is 15.6 Å². The summed E-state index contributed by atoms with van der Waals surface area (Å²) in [4.78, 5) is 8.90. The number of halogens is 3. The Kier molecular flexibility index (Phi) is 4.23. The predicted octanol–water partition coefficient (Wildman–Crippen LogP) is -0.245. The molecule has 1 aliphatic carbocycles. The van der Waals surface area contributed by atoms with Gasteiger partial charge < -0.3 is 10.8 Å². The summed E-state index contributed by atoms with van der Waals surface area (Å²) in [7, 11) is -2.91. The summed E-state index contributed by atoms with van der Waals surface area (Å²) < 4.78 is 56.0. The Hall–Kier alpha value is -0.870. The van der Waals surface area contributed by atoms with Crippen molar-refractivity contribution in [3.8, 4) is 0 Å². The molecule has 106 valence electrons. The third kappa shape index (κ3) is 3.82. The summed E-state index contributed by atoms with van der Waals surface area (Å²) in [5, 5.41) is 7.05. The first-order chi connectivity index (χ1) is 8.05. The van der Waals surface area contributed by atoms with Crippen LogP contribution in [0.1, 0.15) is 12.8 Å². The molecule has 0 spiro atoms. The van der Waals surface area contributed by atoms with Crippen LogP contribution in [0.5, 0.6) is 0 Å². The van der Waals surface area contributed by atoms with Crippen molar-refractivity contribution in [3.63, 3.8) is 0 Å². The van der Waals surface area contributed by atoms with E-state index in [0.717, 1.165) is 12.8 Å². The highest BCUT2D eigenvalue weighted by molar-refractivity contribution is 7.90. The Bertz CT molecular complexity index is 413. The van der Waals surface area contributed by atoms with Crippen molar-refractivity contribution in [1.82, 2.24) is 4.31 Å². The number of alkyl halides is 3. The van der Waals surface area contributed by atoms with Crippen molar-refractivity contribution in [2.75, 3.05) is 13.1 Å². The maximum Gasteiger partial charge on any atom is 0.490 e. The Morgan fingerprint density at radius 3 is 1.89 bits per heavy atom. The highest BCUT2D eigenvalue weighted by atomic mass is 32.2. The Morgan fingerprint density at radius 1 is 1.28 bits per heavy atom. The molecule has 0 aromatic carbocycles. The third-order valence-corrected chi connectivity index (χ3v) is 4.76. The lowest BCUT2D eigenvalue weighted by Crippen LogP contribution is -2.58. The lowest BCUT2D eigenvalue weighted by atomic mass is 10.2. The van der Waals surface area contributed by atoms with Crippen LogP contribution in [0, 0.1) is 0 Å². The van der Waals surface area contributed by atoms with Gasteiger partial charge in [0.15, 0.2) is 0 Å². The summed E-state index contributed by atoms with van der Waals surface area (Å²) in [5.41, 5.74) is 5.48. The molecule has 1 saturated heterocycles. The van der Waals surface area contributed by atoms with Crippen molar-refractivity contribution >= 4 is 16.0 Å². The Balaban J connectivity index is 0.000000203. The molecule has 2 aliphatic rings. The van der Waals surface area contributed by atoms with Gasteiger partial charge in [-0.25, -0.2) is 13.2 Å². The van der Waals surface area contributed by atoms with Gasteiger partial charge in [-0.2, -0.15) is 17.5 Å². The van der Waals surface area contributed by atoms with Crippen LogP contribution in [0.3, 0.4) is 0 Å². The topological polar surface area (TPSA) is 101 Å². The molecule has 1 heterocycles. The van der Waals surface area contributed by atoms with Gasteiger partial charge in [0.1, 0.15) is 0 Å². The molecule has 1 saturated carbocycles. The van der Waals surface area contributed by atoms with Gasteiger partial charge in [0, 0.05) is 19.1 Å². The molecule has 0 amide bonds. The number of nitrogens with two attached hydrogens (primary N) is 1. The summed E-state index contributed by atoms with van der Waals surface area (Å²) >= 11 is 0. The molecule has 0 atom stereocenters. The van der Waals surface area contributed by atoms with Gasteiger partial charge in [0.25, 0.3) is 0 Å². The Labute approximate surface area is 102 Å². The molecular weight excluding hydrogens is 277 g/mol. The molecule has 0 bridgehead atoms. The molecule has 6 nitrogen and oxygen atoms in total. The van der Waals surface area contributed by atoms with E-state index in [1.54, 1.807) is 0 Å². The fourth-order valence-corrected chi connectivity index (χ4v) is 3.21. The number of carboxylic acid groups (broad SMARTS) is 1. The summed E-state index contributed by atoms with van der Waals surface area (Å²) in [6.45, 7) is 1.05. The van der Waals surface area contributed by atoms with E-state index in [1.807, 2.05) is 0 Å². The molecule has 0 aromatic heterocycles. The second-order valence-corrected chi connectivity index (χ2v) is 6.34. The van der Waals surface area contributed by atoms with E-state index in [-0.39, 0.29) is 11.3 Å². The van der Waals surface area contributed by atoms with Crippen molar-refractivity contribution < 1.29 is 31.5 Å². The minimum atomic E-state index is -5.08. The number of carboxylic acids is 1. The summed E-state index contributed by atoms with van der Waals surface area (Å²) in [5.74, 6) is -2.76. The second-order valence-electron chi connectivity index (χ2n) is 4.12. The lowest BCUT2D eigenvalue weighted by molar-refractivity contribution is -0.192. The highest BCUT2D eigenvalue weighted by Crippen LogP contribution is 2.32. The number of nitrogens with zero attached hydrogens (tertiary/aromatic N) is 1. The monoisotopic (exact) mass is 290 g/mol. The van der Waals surface area contributed by atoms with Crippen LogP contribution in [0.2, 0.25) is 0 Å². The largest absolute Gasteiger partial charge is 0.490 e. The number of rotatable bonds is 2. The maximum atomic E-state index is 11.4. The number of hydrogen-bond acceptors (Lipinski definition) is 4. The van der Waals surface area contributed by atoms with Gasteiger partial charge in [-0.15, -0.1) is 0 Å². The molecule has 10 heteroatoms. The van der Waals surface area contributed by atoms with Crippen LogP contribution in [0.25, 0.3) is 0 Å². The van der Waals surface area contributed by atoms with E-state index >= 15 is 0 Å². The SMILES string of the molecule is NC1CN(S(=O)(=O)C2CC2)C1.O=C(O)C(F)(F)F. The number of sulfonamides is 1. The first kappa shape index (κ1) is 15.2. The van der Waals surface area contributed by atoms with Gasteiger partial charge in [-0.05, 0) is 12.8 Å². The molecule has 3 N–H and O–H groups in total. The zero-order valence-electron chi connectivity index (χ0n) is 9.22. The first-order valence-electron chi connectivity index (χ1n) is 5.10. The zero-order valence-corrected chi connectivity index (χ0v) is 10.0. The van der Waals surface area contributed by atoms with Crippen LogP contribution in [-0.4, -0.2) is 54.4 Å². The van der Waals surface area contributed by atoms with E-state index < -0.39 is 22.2 Å².